The number of rotatable bonds is 8. The van der Waals surface area contributed by atoms with Crippen molar-refractivity contribution in [3.63, 3.8) is 0 Å². The van der Waals surface area contributed by atoms with E-state index in [9.17, 15) is 4.79 Å². The number of imidazole rings is 1. The highest BCUT2D eigenvalue weighted by Crippen LogP contribution is 2.36. The van der Waals surface area contributed by atoms with Crippen molar-refractivity contribution in [2.24, 2.45) is 5.41 Å². The molecule has 1 aliphatic rings. The van der Waals surface area contributed by atoms with E-state index in [0.717, 1.165) is 43.1 Å². The molecule has 6 heteroatoms. The number of nitrogens with one attached hydrogen (secondary N) is 1. The highest BCUT2D eigenvalue weighted by Gasteiger charge is 2.43. The van der Waals surface area contributed by atoms with Gasteiger partial charge in [0.25, 0.3) is 0 Å². The maximum atomic E-state index is 12.9. The Bertz CT molecular complexity index is 731. The number of para-hydroxylation sites is 1. The van der Waals surface area contributed by atoms with E-state index in [1.807, 2.05) is 44.2 Å². The molecule has 0 radical (unpaired) electrons. The van der Waals surface area contributed by atoms with Crippen LogP contribution in [0.1, 0.15) is 37.6 Å². The number of likely N-dealkylation sites (tertiary alicyclic amines) is 1. The molecule has 1 atom stereocenters. The normalized spacial score (nSPS) is 20.4. The van der Waals surface area contributed by atoms with Gasteiger partial charge in [-0.3, -0.25) is 9.69 Å². The molecule has 1 unspecified atom stereocenters. The second-order valence-corrected chi connectivity index (χ2v) is 7.20. The molecular formula is C21H29N3O3. The number of aromatic nitrogens is 2. The van der Waals surface area contributed by atoms with E-state index in [2.05, 4.69) is 14.9 Å². The molecule has 1 N–H and O–H groups in total. The van der Waals surface area contributed by atoms with Crippen LogP contribution in [-0.4, -0.2) is 47.1 Å². The van der Waals surface area contributed by atoms with E-state index in [0.29, 0.717) is 26.2 Å². The van der Waals surface area contributed by atoms with Gasteiger partial charge in [-0.05, 0) is 51.8 Å². The van der Waals surface area contributed by atoms with Gasteiger partial charge in [0.15, 0.2) is 0 Å². The predicted octanol–water partition coefficient (Wildman–Crippen LogP) is 3.33. The van der Waals surface area contributed by atoms with Crippen LogP contribution in [0, 0.1) is 12.3 Å². The number of nitrogens with zero attached hydrogens (tertiary/aromatic N) is 2. The maximum absolute atomic E-state index is 12.9. The summed E-state index contributed by atoms with van der Waals surface area (Å²) in [6.07, 6.45) is 4.17. The molecule has 0 aliphatic carbocycles. The SMILES string of the molecule is CCOC(=O)C1(CCOc2ccccc2)CCCN(Cc2nc[nH]c2C)C1. The summed E-state index contributed by atoms with van der Waals surface area (Å²) in [5.74, 6) is 0.724. The lowest BCUT2D eigenvalue weighted by Crippen LogP contribution is -2.49. The van der Waals surface area contributed by atoms with Gasteiger partial charge in [0, 0.05) is 18.8 Å². The Morgan fingerprint density at radius 2 is 2.15 bits per heavy atom. The minimum Gasteiger partial charge on any atom is -0.494 e. The van der Waals surface area contributed by atoms with E-state index >= 15 is 0 Å². The molecule has 2 heterocycles. The fourth-order valence-corrected chi connectivity index (χ4v) is 3.76. The van der Waals surface area contributed by atoms with Crippen LogP contribution in [0.15, 0.2) is 36.7 Å². The Balaban J connectivity index is 1.67. The van der Waals surface area contributed by atoms with E-state index in [1.165, 1.54) is 0 Å². The minimum atomic E-state index is -0.521. The van der Waals surface area contributed by atoms with Gasteiger partial charge in [-0.1, -0.05) is 18.2 Å². The number of benzene rings is 1. The van der Waals surface area contributed by atoms with E-state index in [-0.39, 0.29) is 5.97 Å². The molecule has 6 nitrogen and oxygen atoms in total. The van der Waals surface area contributed by atoms with Crippen LogP contribution in [0.2, 0.25) is 0 Å². The lowest BCUT2D eigenvalue weighted by molar-refractivity contribution is -0.160. The molecule has 3 rings (SSSR count). The molecule has 0 bridgehead atoms. The predicted molar refractivity (Wildman–Crippen MR) is 103 cm³/mol. The summed E-state index contributed by atoms with van der Waals surface area (Å²) in [6.45, 7) is 7.17. The van der Waals surface area contributed by atoms with E-state index < -0.39 is 5.41 Å². The maximum Gasteiger partial charge on any atom is 0.313 e. The van der Waals surface area contributed by atoms with Gasteiger partial charge in [0.2, 0.25) is 0 Å². The van der Waals surface area contributed by atoms with Crippen molar-refractivity contribution in [1.29, 1.82) is 0 Å². The second-order valence-electron chi connectivity index (χ2n) is 7.20. The van der Waals surface area contributed by atoms with E-state index in [1.54, 1.807) is 6.33 Å². The minimum absolute atomic E-state index is 0.106. The lowest BCUT2D eigenvalue weighted by atomic mass is 9.77. The van der Waals surface area contributed by atoms with Crippen LogP contribution in [0.4, 0.5) is 0 Å². The highest BCUT2D eigenvalue weighted by atomic mass is 16.5. The van der Waals surface area contributed by atoms with Crippen LogP contribution in [0.5, 0.6) is 5.75 Å². The van der Waals surface area contributed by atoms with Crippen molar-refractivity contribution in [3.05, 3.63) is 48.0 Å². The number of aromatic amines is 1. The quantitative estimate of drug-likeness (QED) is 0.721. The van der Waals surface area contributed by atoms with Gasteiger partial charge in [-0.15, -0.1) is 0 Å². The monoisotopic (exact) mass is 371 g/mol. The van der Waals surface area contributed by atoms with Crippen LogP contribution < -0.4 is 4.74 Å². The summed E-state index contributed by atoms with van der Waals surface area (Å²) >= 11 is 0. The van der Waals surface area contributed by atoms with Crippen LogP contribution >= 0.6 is 0 Å². The van der Waals surface area contributed by atoms with Gasteiger partial charge >= 0.3 is 5.97 Å². The first-order chi connectivity index (χ1) is 13.1. The average Bonchev–Trinajstić information content (AvgIpc) is 3.08. The van der Waals surface area contributed by atoms with Crippen LogP contribution in [-0.2, 0) is 16.1 Å². The summed E-state index contributed by atoms with van der Waals surface area (Å²) in [5.41, 5.74) is 1.60. The highest BCUT2D eigenvalue weighted by molar-refractivity contribution is 5.77. The third-order valence-corrected chi connectivity index (χ3v) is 5.26. The number of hydrogen-bond acceptors (Lipinski definition) is 5. The number of carbonyl (C=O) groups is 1. The summed E-state index contributed by atoms with van der Waals surface area (Å²) in [5, 5.41) is 0. The first kappa shape index (κ1) is 19.4. The van der Waals surface area contributed by atoms with Gasteiger partial charge in [0.05, 0.1) is 30.7 Å². The Kier molecular flexibility index (Phi) is 6.50. The molecular weight excluding hydrogens is 342 g/mol. The third kappa shape index (κ3) is 4.89. The Morgan fingerprint density at radius 1 is 1.33 bits per heavy atom. The Hall–Kier alpha value is -2.34. The van der Waals surface area contributed by atoms with Crippen molar-refractivity contribution in [2.75, 3.05) is 26.3 Å². The lowest BCUT2D eigenvalue weighted by Gasteiger charge is -2.40. The second kappa shape index (κ2) is 9.04. The smallest absolute Gasteiger partial charge is 0.313 e. The molecule has 1 aliphatic heterocycles. The molecule has 1 aromatic heterocycles. The summed E-state index contributed by atoms with van der Waals surface area (Å²) in [7, 11) is 0. The summed E-state index contributed by atoms with van der Waals surface area (Å²) in [4.78, 5) is 22.7. The first-order valence-electron chi connectivity index (χ1n) is 9.69. The Labute approximate surface area is 160 Å². The zero-order valence-electron chi connectivity index (χ0n) is 16.2. The molecule has 0 amide bonds. The van der Waals surface area contributed by atoms with E-state index in [4.69, 9.17) is 9.47 Å². The van der Waals surface area contributed by atoms with Gasteiger partial charge in [0.1, 0.15) is 5.75 Å². The molecule has 146 valence electrons. The number of piperidine rings is 1. The fourth-order valence-electron chi connectivity index (χ4n) is 3.76. The average molecular weight is 371 g/mol. The van der Waals surface area contributed by atoms with Crippen molar-refractivity contribution in [3.8, 4) is 5.75 Å². The number of aryl methyl sites for hydroxylation is 1. The standard InChI is InChI=1S/C21H29N3O3/c1-3-26-20(25)21(11-13-27-18-8-5-4-6-9-18)10-7-12-24(15-21)14-19-17(2)22-16-23-19/h4-6,8-9,16H,3,7,10-15H2,1-2H3,(H,22,23). The largest absolute Gasteiger partial charge is 0.494 e. The zero-order valence-corrected chi connectivity index (χ0v) is 16.2. The summed E-state index contributed by atoms with van der Waals surface area (Å²) < 4.78 is 11.3. The van der Waals surface area contributed by atoms with Gasteiger partial charge in [-0.25, -0.2) is 4.98 Å². The number of hydrogen-bond donors (Lipinski definition) is 1. The first-order valence-corrected chi connectivity index (χ1v) is 9.69. The molecule has 27 heavy (non-hydrogen) atoms. The number of ether oxygens (including phenoxy) is 2. The van der Waals surface area contributed by atoms with Crippen molar-refractivity contribution in [2.45, 2.75) is 39.7 Å². The molecule has 2 aromatic rings. The summed E-state index contributed by atoms with van der Waals surface area (Å²) in [6, 6.07) is 9.73. The number of H-pyrrole nitrogens is 1. The van der Waals surface area contributed by atoms with Crippen molar-refractivity contribution in [1.82, 2.24) is 14.9 Å². The molecule has 0 spiro atoms. The van der Waals surface area contributed by atoms with Crippen LogP contribution in [0.3, 0.4) is 0 Å². The van der Waals surface area contributed by atoms with Gasteiger partial charge < -0.3 is 14.5 Å². The topological polar surface area (TPSA) is 67.5 Å². The third-order valence-electron chi connectivity index (χ3n) is 5.26. The molecule has 0 saturated carbocycles. The number of carbonyl (C=O) groups excluding carboxylic acids is 1. The zero-order chi connectivity index (χ0) is 19.1. The van der Waals surface area contributed by atoms with Crippen molar-refractivity contribution < 1.29 is 14.3 Å². The Morgan fingerprint density at radius 3 is 2.85 bits per heavy atom. The van der Waals surface area contributed by atoms with Crippen molar-refractivity contribution >= 4 is 5.97 Å². The number of esters is 1. The fraction of sp³-hybridized carbons (Fsp3) is 0.524. The molecule has 1 fully saturated rings. The van der Waals surface area contributed by atoms with Gasteiger partial charge in [-0.2, -0.15) is 0 Å². The van der Waals surface area contributed by atoms with Crippen LogP contribution in [0.25, 0.3) is 0 Å². The molecule has 1 saturated heterocycles. The molecule has 1 aromatic carbocycles.